The maximum Gasteiger partial charge on any atom is 0.276 e. The van der Waals surface area contributed by atoms with Crippen LogP contribution in [0.4, 0.5) is 4.39 Å². The van der Waals surface area contributed by atoms with Crippen molar-refractivity contribution in [1.82, 2.24) is 4.31 Å². The van der Waals surface area contributed by atoms with Crippen molar-refractivity contribution in [2.75, 3.05) is 7.05 Å². The molecule has 7 heteroatoms. The summed E-state index contributed by atoms with van der Waals surface area (Å²) >= 11 is 0. The summed E-state index contributed by atoms with van der Waals surface area (Å²) in [7, 11) is -2.29. The summed E-state index contributed by atoms with van der Waals surface area (Å²) in [5.41, 5.74) is 6.07. The van der Waals surface area contributed by atoms with E-state index in [0.717, 1.165) is 4.31 Å². The highest BCUT2D eigenvalue weighted by atomic mass is 32.2. The number of benzene rings is 1. The van der Waals surface area contributed by atoms with Gasteiger partial charge in [0, 0.05) is 13.6 Å². The molecule has 108 valence electrons. The zero-order valence-electron chi connectivity index (χ0n) is 10.9. The zero-order valence-corrected chi connectivity index (χ0v) is 11.7. The fraction of sp³-hybridized carbons (Fsp3) is 0.231. The van der Waals surface area contributed by atoms with Crippen LogP contribution in [0.25, 0.3) is 0 Å². The molecule has 0 amide bonds. The van der Waals surface area contributed by atoms with E-state index in [1.54, 1.807) is 0 Å². The van der Waals surface area contributed by atoms with E-state index >= 15 is 0 Å². The molecule has 0 saturated carbocycles. The van der Waals surface area contributed by atoms with Gasteiger partial charge in [0.15, 0.2) is 0 Å². The van der Waals surface area contributed by atoms with E-state index in [2.05, 4.69) is 0 Å². The Hall–Kier alpha value is -1.70. The minimum atomic E-state index is -3.72. The lowest BCUT2D eigenvalue weighted by Crippen LogP contribution is -2.26. The lowest BCUT2D eigenvalue weighted by Gasteiger charge is -2.15. The highest BCUT2D eigenvalue weighted by Crippen LogP contribution is 2.19. The molecule has 5 nitrogen and oxygen atoms in total. The Balaban J connectivity index is 2.18. The van der Waals surface area contributed by atoms with Crippen molar-refractivity contribution in [3.63, 3.8) is 0 Å². The second kappa shape index (κ2) is 5.74. The first-order valence-corrected chi connectivity index (χ1v) is 7.37. The molecule has 0 aliphatic heterocycles. The predicted octanol–water partition coefficient (Wildman–Crippen LogP) is 1.70. The number of halogens is 1. The first-order valence-electron chi connectivity index (χ1n) is 5.93. The second-order valence-electron chi connectivity index (χ2n) is 4.31. The number of nitrogens with zero attached hydrogens (tertiary/aromatic N) is 1. The summed E-state index contributed by atoms with van der Waals surface area (Å²) in [6.07, 6.45) is 0. The summed E-state index contributed by atoms with van der Waals surface area (Å²) < 4.78 is 43.6. The molecule has 2 rings (SSSR count). The third-order valence-corrected chi connectivity index (χ3v) is 4.50. The van der Waals surface area contributed by atoms with Crippen molar-refractivity contribution in [1.29, 1.82) is 0 Å². The van der Waals surface area contributed by atoms with Crippen molar-refractivity contribution < 1.29 is 17.2 Å². The van der Waals surface area contributed by atoms with Crippen LogP contribution in [0.3, 0.4) is 0 Å². The Morgan fingerprint density at radius 1 is 1.20 bits per heavy atom. The molecule has 0 aliphatic rings. The smallest absolute Gasteiger partial charge is 0.276 e. The van der Waals surface area contributed by atoms with Gasteiger partial charge in [-0.2, -0.15) is 4.31 Å². The number of nitrogens with two attached hydrogens (primary N) is 1. The van der Waals surface area contributed by atoms with Crippen LogP contribution in [0.5, 0.6) is 0 Å². The Bertz CT molecular complexity index is 680. The lowest BCUT2D eigenvalue weighted by atomic mass is 10.2. The fourth-order valence-electron chi connectivity index (χ4n) is 1.69. The van der Waals surface area contributed by atoms with Gasteiger partial charge in [0.25, 0.3) is 10.0 Å². The van der Waals surface area contributed by atoms with E-state index in [0.29, 0.717) is 11.3 Å². The van der Waals surface area contributed by atoms with Gasteiger partial charge in [0.05, 0.1) is 6.54 Å². The first-order chi connectivity index (χ1) is 9.43. The van der Waals surface area contributed by atoms with Crippen LogP contribution in [-0.2, 0) is 23.1 Å². The summed E-state index contributed by atoms with van der Waals surface area (Å²) in [6.45, 7) is 0.262. The molecule has 0 bridgehead atoms. The Morgan fingerprint density at radius 3 is 2.40 bits per heavy atom. The number of sulfonamides is 1. The highest BCUT2D eigenvalue weighted by molar-refractivity contribution is 7.88. The second-order valence-corrected chi connectivity index (χ2v) is 6.29. The molecule has 0 radical (unpaired) electrons. The van der Waals surface area contributed by atoms with E-state index < -0.39 is 10.0 Å². The Labute approximate surface area is 116 Å². The lowest BCUT2D eigenvalue weighted by molar-refractivity contribution is 0.387. The molecule has 2 aromatic rings. The zero-order chi connectivity index (χ0) is 14.8. The topological polar surface area (TPSA) is 76.5 Å². The van der Waals surface area contributed by atoms with Gasteiger partial charge in [-0.3, -0.25) is 0 Å². The molecule has 1 aromatic heterocycles. The molecule has 0 spiro atoms. The standard InChI is InChI=1S/C13H15FN2O3S/c1-16(9-10-2-4-11(14)5-3-10)20(17,18)13-7-6-12(8-15)19-13/h2-7H,8-9,15H2,1H3. The number of hydrogen-bond donors (Lipinski definition) is 1. The van der Waals surface area contributed by atoms with Crippen LogP contribution >= 0.6 is 0 Å². The number of furan rings is 1. The predicted molar refractivity (Wildman–Crippen MR) is 71.7 cm³/mol. The van der Waals surface area contributed by atoms with Gasteiger partial charge in [0.1, 0.15) is 11.6 Å². The Morgan fingerprint density at radius 2 is 1.85 bits per heavy atom. The molecule has 0 atom stereocenters. The van der Waals surface area contributed by atoms with Crippen LogP contribution in [0.1, 0.15) is 11.3 Å². The quantitative estimate of drug-likeness (QED) is 0.911. The summed E-state index contributed by atoms with van der Waals surface area (Å²) in [6, 6.07) is 8.55. The molecular formula is C13H15FN2O3S. The summed E-state index contributed by atoms with van der Waals surface area (Å²) in [5.74, 6) is 0.0386. The molecule has 0 aliphatic carbocycles. The molecule has 1 aromatic carbocycles. The number of hydrogen-bond acceptors (Lipinski definition) is 4. The van der Waals surface area contributed by atoms with Crippen molar-refractivity contribution in [2.45, 2.75) is 18.2 Å². The SMILES string of the molecule is CN(Cc1ccc(F)cc1)S(=O)(=O)c1ccc(CN)o1. The van der Waals surface area contributed by atoms with E-state index in [1.807, 2.05) is 0 Å². The van der Waals surface area contributed by atoms with Gasteiger partial charge in [-0.1, -0.05) is 12.1 Å². The summed E-state index contributed by atoms with van der Waals surface area (Å²) in [4.78, 5) is 0. The third kappa shape index (κ3) is 3.06. The molecule has 20 heavy (non-hydrogen) atoms. The first kappa shape index (κ1) is 14.7. The van der Waals surface area contributed by atoms with Crippen LogP contribution in [0, 0.1) is 5.82 Å². The van der Waals surface area contributed by atoms with Crippen LogP contribution in [0.15, 0.2) is 45.9 Å². The molecule has 2 N–H and O–H groups in total. The fourth-order valence-corrected chi connectivity index (χ4v) is 2.77. The number of rotatable bonds is 5. The van der Waals surface area contributed by atoms with Crippen molar-refractivity contribution in [2.24, 2.45) is 5.73 Å². The van der Waals surface area contributed by atoms with Gasteiger partial charge in [-0.25, -0.2) is 12.8 Å². The van der Waals surface area contributed by atoms with Crippen molar-refractivity contribution >= 4 is 10.0 Å². The van der Waals surface area contributed by atoms with Gasteiger partial charge in [-0.05, 0) is 29.8 Å². The molecular weight excluding hydrogens is 283 g/mol. The average Bonchev–Trinajstić information content (AvgIpc) is 2.90. The monoisotopic (exact) mass is 298 g/mol. The average molecular weight is 298 g/mol. The summed E-state index contributed by atoms with van der Waals surface area (Å²) in [5, 5.41) is -0.150. The Kier molecular flexibility index (Phi) is 4.22. The van der Waals surface area contributed by atoms with E-state index in [4.69, 9.17) is 10.2 Å². The molecule has 1 heterocycles. The van der Waals surface area contributed by atoms with E-state index in [9.17, 15) is 12.8 Å². The molecule has 0 fully saturated rings. The van der Waals surface area contributed by atoms with Gasteiger partial charge in [0.2, 0.25) is 5.09 Å². The largest absolute Gasteiger partial charge is 0.447 e. The van der Waals surface area contributed by atoms with E-state index in [1.165, 1.54) is 43.4 Å². The minimum Gasteiger partial charge on any atom is -0.447 e. The normalized spacial score (nSPS) is 12.0. The molecule has 0 unspecified atom stereocenters. The third-order valence-electron chi connectivity index (χ3n) is 2.82. The van der Waals surface area contributed by atoms with Gasteiger partial charge in [-0.15, -0.1) is 0 Å². The van der Waals surface area contributed by atoms with Gasteiger partial charge < -0.3 is 10.2 Å². The van der Waals surface area contributed by atoms with E-state index in [-0.39, 0.29) is 24.0 Å². The van der Waals surface area contributed by atoms with Gasteiger partial charge >= 0.3 is 0 Å². The van der Waals surface area contributed by atoms with Crippen molar-refractivity contribution in [3.8, 4) is 0 Å². The molecule has 0 saturated heterocycles. The minimum absolute atomic E-state index is 0.126. The van der Waals surface area contributed by atoms with Crippen LogP contribution < -0.4 is 5.73 Å². The highest BCUT2D eigenvalue weighted by Gasteiger charge is 2.24. The van der Waals surface area contributed by atoms with Crippen LogP contribution in [0.2, 0.25) is 0 Å². The van der Waals surface area contributed by atoms with Crippen molar-refractivity contribution in [3.05, 3.63) is 53.5 Å². The maximum atomic E-state index is 12.8. The van der Waals surface area contributed by atoms with Crippen LogP contribution in [-0.4, -0.2) is 19.8 Å². The maximum absolute atomic E-state index is 12.8.